The summed E-state index contributed by atoms with van der Waals surface area (Å²) in [7, 11) is 0. The average Bonchev–Trinajstić information content (AvgIpc) is 2.85. The molecule has 0 saturated heterocycles. The van der Waals surface area contributed by atoms with Crippen molar-refractivity contribution in [2.24, 2.45) is 0 Å². The molecule has 0 aliphatic heterocycles. The first-order valence-electron chi connectivity index (χ1n) is 11.1. The monoisotopic (exact) mass is 424 g/mol. The van der Waals surface area contributed by atoms with E-state index in [4.69, 9.17) is 0 Å². The lowest BCUT2D eigenvalue weighted by atomic mass is 9.95. The molecular weight excluding hydrogens is 384 g/mol. The van der Waals surface area contributed by atoms with Gasteiger partial charge in [0.25, 0.3) is 0 Å². The third-order valence-electron chi connectivity index (χ3n) is 4.77. The van der Waals surface area contributed by atoms with Crippen LogP contribution in [0.5, 0.6) is 0 Å². The van der Waals surface area contributed by atoms with Crippen LogP contribution in [0.2, 0.25) is 0 Å². The quantitative estimate of drug-likeness (QED) is 0.345. The molecule has 168 valence electrons. The zero-order chi connectivity index (χ0) is 23.2. The standard InChI is InChI=1S/C27H24.2C2H6.CH4/c1-5-8-9-25-19-26(11-10-20(25)4)23-13-15-24(16-14-23)27-17-12-21(6-2)22(7-3)18-27;2*1-2;/h5-19H,1-3H2,4H3;2*1-2H3;1H4/b9-8-;;;. The molecule has 0 N–H and O–H groups in total. The highest BCUT2D eigenvalue weighted by Crippen LogP contribution is 2.28. The van der Waals surface area contributed by atoms with Crippen molar-refractivity contribution in [1.82, 2.24) is 0 Å². The predicted molar refractivity (Wildman–Crippen MR) is 151 cm³/mol. The minimum atomic E-state index is 0. The fourth-order valence-electron chi connectivity index (χ4n) is 3.14. The van der Waals surface area contributed by atoms with Gasteiger partial charge >= 0.3 is 0 Å². The van der Waals surface area contributed by atoms with Gasteiger partial charge in [0.15, 0.2) is 0 Å². The first-order valence-corrected chi connectivity index (χ1v) is 11.1. The fraction of sp³-hybridized carbons (Fsp3) is 0.188. The van der Waals surface area contributed by atoms with E-state index in [1.54, 1.807) is 6.08 Å². The Morgan fingerprint density at radius 1 is 0.562 bits per heavy atom. The molecule has 0 aromatic heterocycles. The first-order chi connectivity index (χ1) is 15.2. The van der Waals surface area contributed by atoms with Crippen molar-refractivity contribution in [3.8, 4) is 22.3 Å². The molecule has 3 aromatic rings. The van der Waals surface area contributed by atoms with Gasteiger partial charge < -0.3 is 0 Å². The number of hydrogen-bond donors (Lipinski definition) is 0. The molecule has 0 amide bonds. The molecule has 0 heteroatoms. The molecular formula is C32H40. The molecule has 0 spiro atoms. The Morgan fingerprint density at radius 2 is 1.00 bits per heavy atom. The van der Waals surface area contributed by atoms with Gasteiger partial charge in [-0.3, -0.25) is 0 Å². The maximum Gasteiger partial charge on any atom is -0.0178 e. The zero-order valence-corrected chi connectivity index (χ0v) is 19.8. The lowest BCUT2D eigenvalue weighted by Gasteiger charge is -2.09. The van der Waals surface area contributed by atoms with Crippen LogP contribution in [0.25, 0.3) is 40.5 Å². The Balaban J connectivity index is 0.00000182. The number of aryl methyl sites for hydroxylation is 1. The minimum absolute atomic E-state index is 0. The first kappa shape index (κ1) is 28.6. The topological polar surface area (TPSA) is 0 Å². The summed E-state index contributed by atoms with van der Waals surface area (Å²) in [6.07, 6.45) is 9.60. The van der Waals surface area contributed by atoms with Gasteiger partial charge in [0.2, 0.25) is 0 Å². The maximum absolute atomic E-state index is 3.91. The van der Waals surface area contributed by atoms with Crippen LogP contribution in [0.15, 0.2) is 92.6 Å². The van der Waals surface area contributed by atoms with Gasteiger partial charge in [0, 0.05) is 0 Å². The van der Waals surface area contributed by atoms with Gasteiger partial charge in [-0.15, -0.1) is 0 Å². The van der Waals surface area contributed by atoms with Crippen LogP contribution in [-0.2, 0) is 0 Å². The fourth-order valence-corrected chi connectivity index (χ4v) is 3.14. The molecule has 0 heterocycles. The number of allylic oxidation sites excluding steroid dienone is 2. The van der Waals surface area contributed by atoms with E-state index < -0.39 is 0 Å². The molecule has 32 heavy (non-hydrogen) atoms. The van der Waals surface area contributed by atoms with Crippen molar-refractivity contribution in [1.29, 1.82) is 0 Å². The second kappa shape index (κ2) is 15.4. The smallest absolute Gasteiger partial charge is 0.0178 e. The van der Waals surface area contributed by atoms with Crippen LogP contribution in [0.4, 0.5) is 0 Å². The Kier molecular flexibility index (Phi) is 13.8. The molecule has 0 fully saturated rings. The van der Waals surface area contributed by atoms with E-state index in [0.29, 0.717) is 0 Å². The third kappa shape index (κ3) is 7.39. The number of rotatable bonds is 6. The number of benzene rings is 3. The van der Waals surface area contributed by atoms with E-state index in [2.05, 4.69) is 93.4 Å². The van der Waals surface area contributed by atoms with Crippen LogP contribution >= 0.6 is 0 Å². The van der Waals surface area contributed by atoms with E-state index in [9.17, 15) is 0 Å². The summed E-state index contributed by atoms with van der Waals surface area (Å²) in [5.74, 6) is 0. The summed E-state index contributed by atoms with van der Waals surface area (Å²) in [6.45, 7) is 21.6. The predicted octanol–water partition coefficient (Wildman–Crippen LogP) is 10.5. The Bertz CT molecular complexity index is 1010. The van der Waals surface area contributed by atoms with Crippen LogP contribution in [-0.4, -0.2) is 0 Å². The second-order valence-electron chi connectivity index (χ2n) is 6.50. The van der Waals surface area contributed by atoms with Gasteiger partial charge in [-0.2, -0.15) is 0 Å². The van der Waals surface area contributed by atoms with E-state index in [0.717, 1.165) is 11.1 Å². The Hall–Kier alpha value is -3.38. The van der Waals surface area contributed by atoms with Crippen LogP contribution in [0.3, 0.4) is 0 Å². The van der Waals surface area contributed by atoms with Crippen molar-refractivity contribution in [2.45, 2.75) is 42.0 Å². The van der Waals surface area contributed by atoms with Gasteiger partial charge in [-0.05, 0) is 63.6 Å². The Labute approximate surface area is 197 Å². The summed E-state index contributed by atoms with van der Waals surface area (Å²) in [4.78, 5) is 0. The van der Waals surface area contributed by atoms with Crippen molar-refractivity contribution in [2.75, 3.05) is 0 Å². The van der Waals surface area contributed by atoms with Crippen molar-refractivity contribution < 1.29 is 0 Å². The lowest BCUT2D eigenvalue weighted by Crippen LogP contribution is -1.86. The summed E-state index contributed by atoms with van der Waals surface area (Å²) in [5.41, 5.74) is 9.47. The SMILES string of the molecule is C.C=C/C=C\c1cc(-c2ccc(-c3ccc(C=C)c(C=C)c3)cc2)ccc1C.CC.CC. The maximum atomic E-state index is 3.91. The van der Waals surface area contributed by atoms with E-state index >= 15 is 0 Å². The Morgan fingerprint density at radius 3 is 1.47 bits per heavy atom. The number of hydrogen-bond acceptors (Lipinski definition) is 0. The second-order valence-corrected chi connectivity index (χ2v) is 6.50. The van der Waals surface area contributed by atoms with E-state index in [-0.39, 0.29) is 7.43 Å². The molecule has 0 atom stereocenters. The van der Waals surface area contributed by atoms with Crippen molar-refractivity contribution in [3.63, 3.8) is 0 Å². The molecule has 0 radical (unpaired) electrons. The molecule has 0 aliphatic rings. The summed E-state index contributed by atoms with van der Waals surface area (Å²) >= 11 is 0. The molecule has 0 nitrogen and oxygen atoms in total. The van der Waals surface area contributed by atoms with Gasteiger partial charge in [-0.1, -0.05) is 134 Å². The zero-order valence-electron chi connectivity index (χ0n) is 19.8. The molecule has 3 aromatic carbocycles. The highest BCUT2D eigenvalue weighted by molar-refractivity contribution is 5.76. The van der Waals surface area contributed by atoms with Crippen LogP contribution in [0, 0.1) is 6.92 Å². The molecule has 3 rings (SSSR count). The minimum Gasteiger partial charge on any atom is -0.0991 e. The summed E-state index contributed by atoms with van der Waals surface area (Å²) < 4.78 is 0. The average molecular weight is 425 g/mol. The van der Waals surface area contributed by atoms with E-state index in [1.807, 2.05) is 45.9 Å². The summed E-state index contributed by atoms with van der Waals surface area (Å²) in [5, 5.41) is 0. The molecule has 0 unspecified atom stereocenters. The van der Waals surface area contributed by atoms with Crippen molar-refractivity contribution in [3.05, 3.63) is 115 Å². The summed E-state index contributed by atoms with van der Waals surface area (Å²) in [6, 6.07) is 21.6. The van der Waals surface area contributed by atoms with Gasteiger partial charge in [0.05, 0.1) is 0 Å². The van der Waals surface area contributed by atoms with Crippen LogP contribution < -0.4 is 0 Å². The van der Waals surface area contributed by atoms with Gasteiger partial charge in [0.1, 0.15) is 0 Å². The lowest BCUT2D eigenvalue weighted by molar-refractivity contribution is 1.44. The highest BCUT2D eigenvalue weighted by Gasteiger charge is 2.04. The molecule has 0 bridgehead atoms. The third-order valence-corrected chi connectivity index (χ3v) is 4.77. The van der Waals surface area contributed by atoms with Gasteiger partial charge in [-0.25, -0.2) is 0 Å². The normalized spacial score (nSPS) is 9.41. The molecule has 0 saturated carbocycles. The highest BCUT2D eigenvalue weighted by atomic mass is 14.1. The largest absolute Gasteiger partial charge is 0.0991 e. The van der Waals surface area contributed by atoms with Crippen molar-refractivity contribution >= 4 is 18.2 Å². The van der Waals surface area contributed by atoms with E-state index in [1.165, 1.54) is 33.4 Å². The molecule has 0 aliphatic carbocycles. The van der Waals surface area contributed by atoms with Crippen LogP contribution in [0.1, 0.15) is 57.4 Å².